The molecule has 4 N–H and O–H groups in total. The second-order valence-electron chi connectivity index (χ2n) is 6.11. The summed E-state index contributed by atoms with van der Waals surface area (Å²) in [5, 5.41) is 10.4. The number of nitrogens with two attached hydrogens (primary N) is 1. The number of para-hydroxylation sites is 1. The highest BCUT2D eigenvalue weighted by atomic mass is 19.4. The fourth-order valence-electron chi connectivity index (χ4n) is 2.24. The number of ether oxygens (including phenoxy) is 1. The van der Waals surface area contributed by atoms with Crippen molar-refractivity contribution in [2.45, 2.75) is 12.7 Å². The van der Waals surface area contributed by atoms with Gasteiger partial charge in [-0.15, -0.1) is 0 Å². The average molecular weight is 432 g/mol. The Bertz CT molecular complexity index is 990. The van der Waals surface area contributed by atoms with Crippen LogP contribution in [0.25, 0.3) is 0 Å². The molecule has 0 spiro atoms. The summed E-state index contributed by atoms with van der Waals surface area (Å²) < 4.78 is 37.1. The Morgan fingerprint density at radius 1 is 0.871 bits per heavy atom. The quantitative estimate of drug-likeness (QED) is 0.398. The van der Waals surface area contributed by atoms with Gasteiger partial charge in [0.1, 0.15) is 5.75 Å². The van der Waals surface area contributed by atoms with Crippen molar-refractivity contribution in [3.63, 3.8) is 0 Å². The summed E-state index contributed by atoms with van der Waals surface area (Å²) in [6, 6.07) is 24.2. The molecule has 9 heteroatoms. The molecule has 0 aliphatic carbocycles. The maximum atomic E-state index is 12.1. The smallest absolute Gasteiger partial charge is 0.475 e. The number of alkyl halides is 3. The average Bonchev–Trinajstić information content (AvgIpc) is 2.75. The van der Waals surface area contributed by atoms with Crippen LogP contribution in [0.4, 0.5) is 24.5 Å². The number of rotatable bonds is 5. The van der Waals surface area contributed by atoms with Crippen molar-refractivity contribution < 1.29 is 32.6 Å². The predicted molar refractivity (Wildman–Crippen MR) is 109 cm³/mol. The van der Waals surface area contributed by atoms with Crippen LogP contribution in [0.2, 0.25) is 0 Å². The van der Waals surface area contributed by atoms with Crippen LogP contribution >= 0.6 is 0 Å². The number of carbonyl (C=O) groups excluding carboxylic acids is 1. The Hall–Kier alpha value is -3.85. The first-order chi connectivity index (χ1) is 14.7. The van der Waals surface area contributed by atoms with E-state index in [0.717, 1.165) is 16.9 Å². The van der Waals surface area contributed by atoms with Crippen LogP contribution in [0.15, 0.2) is 78.9 Å². The van der Waals surface area contributed by atoms with Gasteiger partial charge in [0.05, 0.1) is 5.56 Å². The molecular weight excluding hydrogens is 413 g/mol. The predicted octanol–water partition coefficient (Wildman–Crippen LogP) is 4.74. The summed E-state index contributed by atoms with van der Waals surface area (Å²) in [4.78, 5) is 21.0. The van der Waals surface area contributed by atoms with Crippen LogP contribution in [0.1, 0.15) is 15.9 Å². The number of hydrogen-bond donors (Lipinski definition) is 3. The number of anilines is 2. The lowest BCUT2D eigenvalue weighted by Gasteiger charge is -2.08. The van der Waals surface area contributed by atoms with E-state index in [0.29, 0.717) is 17.9 Å². The van der Waals surface area contributed by atoms with Gasteiger partial charge in [0.25, 0.3) is 0 Å². The van der Waals surface area contributed by atoms with Crippen molar-refractivity contribution in [3.8, 4) is 5.75 Å². The molecule has 0 aliphatic rings. The fourth-order valence-corrected chi connectivity index (χ4v) is 2.24. The topological polar surface area (TPSA) is 102 Å². The number of carbonyl (C=O) groups is 2. The third-order valence-electron chi connectivity index (χ3n) is 3.80. The van der Waals surface area contributed by atoms with Crippen molar-refractivity contribution in [2.24, 2.45) is 5.73 Å². The Morgan fingerprint density at radius 2 is 1.39 bits per heavy atom. The highest BCUT2D eigenvalue weighted by Gasteiger charge is 2.38. The van der Waals surface area contributed by atoms with Gasteiger partial charge < -0.3 is 20.9 Å². The van der Waals surface area contributed by atoms with E-state index in [1.807, 2.05) is 54.6 Å². The number of benzene rings is 3. The number of halogens is 3. The molecule has 0 bridgehead atoms. The molecule has 162 valence electrons. The first-order valence-corrected chi connectivity index (χ1v) is 8.92. The maximum absolute atomic E-state index is 12.1. The summed E-state index contributed by atoms with van der Waals surface area (Å²) in [6.45, 7) is 0.450. The van der Waals surface area contributed by atoms with Crippen LogP contribution in [0.5, 0.6) is 5.75 Å². The highest BCUT2D eigenvalue weighted by molar-refractivity contribution is 5.91. The number of hydrogen-bond acceptors (Lipinski definition) is 5. The molecule has 0 atom stereocenters. The number of aliphatic carboxylic acids is 1. The summed E-state index contributed by atoms with van der Waals surface area (Å²) in [7, 11) is 0. The van der Waals surface area contributed by atoms with Gasteiger partial charge in [0.15, 0.2) is 0 Å². The van der Waals surface area contributed by atoms with Crippen molar-refractivity contribution in [2.75, 3.05) is 5.32 Å². The molecule has 3 rings (SSSR count). The largest absolute Gasteiger partial charge is 0.490 e. The first kappa shape index (κ1) is 23.4. The molecule has 0 aromatic heterocycles. The Labute approximate surface area is 176 Å². The van der Waals surface area contributed by atoms with Crippen LogP contribution in [0, 0.1) is 0 Å². The van der Waals surface area contributed by atoms with Crippen molar-refractivity contribution >= 4 is 23.3 Å². The molecular formula is C22H19F3N2O4. The zero-order valence-electron chi connectivity index (χ0n) is 16.1. The van der Waals surface area contributed by atoms with Gasteiger partial charge in [-0.05, 0) is 54.1 Å². The lowest BCUT2D eigenvalue weighted by Crippen LogP contribution is -2.21. The molecule has 0 saturated heterocycles. The van der Waals surface area contributed by atoms with E-state index in [-0.39, 0.29) is 5.97 Å². The monoisotopic (exact) mass is 432 g/mol. The molecule has 0 amide bonds. The van der Waals surface area contributed by atoms with Gasteiger partial charge in [-0.25, -0.2) is 9.59 Å². The molecule has 0 aliphatic heterocycles. The molecule has 0 heterocycles. The summed E-state index contributed by atoms with van der Waals surface area (Å²) in [5.74, 6) is -2.64. The minimum atomic E-state index is -5.08. The lowest BCUT2D eigenvalue weighted by atomic mass is 10.1. The Morgan fingerprint density at radius 3 is 1.87 bits per heavy atom. The Kier molecular flexibility index (Phi) is 8.16. The molecule has 3 aromatic rings. The van der Waals surface area contributed by atoms with Gasteiger partial charge in [-0.3, -0.25) is 0 Å². The van der Waals surface area contributed by atoms with E-state index in [1.54, 1.807) is 24.3 Å². The fraction of sp³-hybridized carbons (Fsp3) is 0.0909. The van der Waals surface area contributed by atoms with Gasteiger partial charge in [-0.1, -0.05) is 30.3 Å². The molecule has 3 aromatic carbocycles. The molecule has 6 nitrogen and oxygen atoms in total. The minimum Gasteiger partial charge on any atom is -0.475 e. The molecule has 31 heavy (non-hydrogen) atoms. The van der Waals surface area contributed by atoms with Crippen LogP contribution in [-0.4, -0.2) is 23.2 Å². The summed E-state index contributed by atoms with van der Waals surface area (Å²) >= 11 is 0. The standard InChI is InChI=1S/C20H18N2O2.C2HF3O2/c21-14-15-6-8-16(9-7-15)20(23)24-19-12-10-18(11-13-19)22-17-4-2-1-3-5-17;3-2(4,5)1(6)7/h1-13,22H,14,21H2;(H,6,7). The zero-order valence-corrected chi connectivity index (χ0v) is 16.1. The number of esters is 1. The number of carboxylic acid groups (broad SMARTS) is 1. The lowest BCUT2D eigenvalue weighted by molar-refractivity contribution is -0.192. The van der Waals surface area contributed by atoms with E-state index in [9.17, 15) is 18.0 Å². The van der Waals surface area contributed by atoms with Crippen molar-refractivity contribution in [1.82, 2.24) is 0 Å². The van der Waals surface area contributed by atoms with E-state index < -0.39 is 12.1 Å². The molecule has 0 unspecified atom stereocenters. The number of carboxylic acids is 1. The van der Waals surface area contributed by atoms with E-state index in [1.165, 1.54) is 0 Å². The van der Waals surface area contributed by atoms with Gasteiger partial charge in [-0.2, -0.15) is 13.2 Å². The van der Waals surface area contributed by atoms with Crippen molar-refractivity contribution in [1.29, 1.82) is 0 Å². The van der Waals surface area contributed by atoms with Gasteiger partial charge in [0.2, 0.25) is 0 Å². The second-order valence-corrected chi connectivity index (χ2v) is 6.11. The molecule has 0 fully saturated rings. The van der Waals surface area contributed by atoms with E-state index in [4.69, 9.17) is 20.4 Å². The van der Waals surface area contributed by atoms with Crippen molar-refractivity contribution in [3.05, 3.63) is 90.0 Å². The zero-order chi connectivity index (χ0) is 22.9. The normalized spacial score (nSPS) is 10.5. The number of nitrogens with one attached hydrogen (secondary N) is 1. The maximum Gasteiger partial charge on any atom is 0.490 e. The SMILES string of the molecule is NCc1ccc(C(=O)Oc2ccc(Nc3ccccc3)cc2)cc1.O=C(O)C(F)(F)F. The summed E-state index contributed by atoms with van der Waals surface area (Å²) in [5.41, 5.74) is 8.95. The van der Waals surface area contributed by atoms with Gasteiger partial charge in [0, 0.05) is 17.9 Å². The Balaban J connectivity index is 0.000000423. The van der Waals surface area contributed by atoms with E-state index >= 15 is 0 Å². The van der Waals surface area contributed by atoms with Gasteiger partial charge >= 0.3 is 18.1 Å². The van der Waals surface area contributed by atoms with E-state index in [2.05, 4.69) is 5.32 Å². The highest BCUT2D eigenvalue weighted by Crippen LogP contribution is 2.20. The molecule has 0 radical (unpaired) electrons. The van der Waals surface area contributed by atoms with Crippen LogP contribution in [0.3, 0.4) is 0 Å². The third-order valence-corrected chi connectivity index (χ3v) is 3.80. The van der Waals surface area contributed by atoms with Crippen LogP contribution in [-0.2, 0) is 11.3 Å². The third kappa shape index (κ3) is 7.82. The second kappa shape index (κ2) is 10.8. The van der Waals surface area contributed by atoms with Crippen LogP contribution < -0.4 is 15.8 Å². The minimum absolute atomic E-state index is 0.387. The summed E-state index contributed by atoms with van der Waals surface area (Å²) in [6.07, 6.45) is -5.08. The molecule has 0 saturated carbocycles. The first-order valence-electron chi connectivity index (χ1n) is 8.92.